The molecule has 0 amide bonds. The molecular weight excluding hydrogens is 500 g/mol. The summed E-state index contributed by atoms with van der Waals surface area (Å²) in [5.41, 5.74) is 5.61. The first kappa shape index (κ1) is 23.4. The Balaban J connectivity index is 1.32. The number of aromatic nitrogens is 6. The van der Waals surface area contributed by atoms with Gasteiger partial charge in [-0.15, -0.1) is 0 Å². The first-order valence-electron chi connectivity index (χ1n) is 13.1. The molecule has 0 saturated carbocycles. The van der Waals surface area contributed by atoms with Crippen LogP contribution in [0.2, 0.25) is 5.15 Å². The van der Waals surface area contributed by atoms with Gasteiger partial charge in [0.15, 0.2) is 0 Å². The molecule has 4 aromatic heterocycles. The molecule has 0 bridgehead atoms. The van der Waals surface area contributed by atoms with E-state index in [1.165, 1.54) is 0 Å². The Kier molecular flexibility index (Phi) is 5.35. The number of nitrogens with zero attached hydrogens (tertiary/aromatic N) is 7. The summed E-state index contributed by atoms with van der Waals surface area (Å²) in [7, 11) is 2.11. The first-order valence-corrected chi connectivity index (χ1v) is 13.4. The van der Waals surface area contributed by atoms with Crippen LogP contribution in [0.4, 0.5) is 5.69 Å². The highest BCUT2D eigenvalue weighted by molar-refractivity contribution is 6.29. The Morgan fingerprint density at radius 1 is 1.11 bits per heavy atom. The summed E-state index contributed by atoms with van der Waals surface area (Å²) in [5, 5.41) is 16.1. The molecule has 6 heterocycles. The highest BCUT2D eigenvalue weighted by atomic mass is 35.5. The lowest BCUT2D eigenvalue weighted by molar-refractivity contribution is 0.130. The summed E-state index contributed by atoms with van der Waals surface area (Å²) in [4.78, 5) is 20.5. The van der Waals surface area contributed by atoms with Crippen LogP contribution in [0, 0.1) is 6.92 Å². The van der Waals surface area contributed by atoms with Crippen molar-refractivity contribution in [2.45, 2.75) is 45.4 Å². The van der Waals surface area contributed by atoms with E-state index in [0.29, 0.717) is 11.2 Å². The number of likely N-dealkylation sites (tertiary alicyclic amines) is 1. The van der Waals surface area contributed by atoms with Crippen molar-refractivity contribution in [3.63, 3.8) is 0 Å². The zero-order valence-corrected chi connectivity index (χ0v) is 22.4. The van der Waals surface area contributed by atoms with Crippen LogP contribution in [-0.4, -0.2) is 54.1 Å². The maximum absolute atomic E-state index is 13.6. The molecule has 1 unspecified atom stereocenters. The summed E-state index contributed by atoms with van der Waals surface area (Å²) in [6, 6.07) is 8.20. The predicted molar refractivity (Wildman–Crippen MR) is 150 cm³/mol. The molecule has 38 heavy (non-hydrogen) atoms. The van der Waals surface area contributed by atoms with E-state index in [9.17, 15) is 4.79 Å². The SMILES string of the molecule is Cc1cc(C(C)Nc2ccc(Cl)nc2-c2cnn(C3CN(C)C3)c2)c2c(c1)c(=O)n1c3c2cnn3CCC1. The van der Waals surface area contributed by atoms with Crippen molar-refractivity contribution in [2.24, 2.45) is 0 Å². The lowest BCUT2D eigenvalue weighted by Crippen LogP contribution is -2.45. The van der Waals surface area contributed by atoms with Crippen LogP contribution in [0.1, 0.15) is 36.6 Å². The Hall–Kier alpha value is -3.69. The number of hydrogen-bond acceptors (Lipinski definition) is 6. The summed E-state index contributed by atoms with van der Waals surface area (Å²) >= 11 is 6.35. The average molecular weight is 529 g/mol. The van der Waals surface area contributed by atoms with Crippen molar-refractivity contribution in [3.05, 3.63) is 69.5 Å². The number of pyridine rings is 2. The van der Waals surface area contributed by atoms with Crippen LogP contribution < -0.4 is 10.9 Å². The van der Waals surface area contributed by atoms with E-state index in [0.717, 1.165) is 82.5 Å². The van der Waals surface area contributed by atoms with Gasteiger partial charge >= 0.3 is 0 Å². The lowest BCUT2D eigenvalue weighted by Gasteiger charge is -2.36. The molecule has 7 rings (SSSR count). The fraction of sp³-hybridized carbons (Fsp3) is 0.357. The van der Waals surface area contributed by atoms with Gasteiger partial charge in [-0.2, -0.15) is 10.2 Å². The minimum absolute atomic E-state index is 0.0500. The Morgan fingerprint density at radius 2 is 1.95 bits per heavy atom. The second-order valence-corrected chi connectivity index (χ2v) is 11.1. The van der Waals surface area contributed by atoms with Gasteiger partial charge in [0, 0.05) is 60.1 Å². The predicted octanol–water partition coefficient (Wildman–Crippen LogP) is 4.63. The first-order chi connectivity index (χ1) is 18.4. The van der Waals surface area contributed by atoms with Gasteiger partial charge in [0.05, 0.1) is 29.8 Å². The molecule has 2 aliphatic rings. The van der Waals surface area contributed by atoms with Crippen LogP contribution in [0.15, 0.2) is 47.7 Å². The van der Waals surface area contributed by atoms with Gasteiger partial charge in [-0.3, -0.25) is 14.0 Å². The molecule has 9 nitrogen and oxygen atoms in total. The fourth-order valence-corrected chi connectivity index (χ4v) is 6.18. The number of fused-ring (bicyclic) bond motifs is 2. The molecule has 1 saturated heterocycles. The normalized spacial score (nSPS) is 16.7. The van der Waals surface area contributed by atoms with Gasteiger partial charge in [-0.1, -0.05) is 17.7 Å². The molecule has 1 fully saturated rings. The van der Waals surface area contributed by atoms with E-state index < -0.39 is 0 Å². The molecule has 194 valence electrons. The molecule has 0 aliphatic carbocycles. The van der Waals surface area contributed by atoms with E-state index in [2.05, 4.69) is 45.4 Å². The summed E-state index contributed by atoms with van der Waals surface area (Å²) in [6.07, 6.45) is 6.72. The quantitative estimate of drug-likeness (QED) is 0.335. The second-order valence-electron chi connectivity index (χ2n) is 10.7. The van der Waals surface area contributed by atoms with Crippen molar-refractivity contribution in [2.75, 3.05) is 25.5 Å². The number of likely N-dealkylation sites (N-methyl/N-ethyl adjacent to an activating group) is 1. The monoisotopic (exact) mass is 528 g/mol. The number of nitrogens with one attached hydrogen (secondary N) is 1. The Labute approximate surface area is 224 Å². The molecule has 2 aliphatic heterocycles. The van der Waals surface area contributed by atoms with Gasteiger partial charge in [-0.05, 0) is 56.6 Å². The summed E-state index contributed by atoms with van der Waals surface area (Å²) in [6.45, 7) is 7.68. The third kappa shape index (κ3) is 3.64. The van der Waals surface area contributed by atoms with E-state index in [1.807, 2.05) is 51.6 Å². The second kappa shape index (κ2) is 8.68. The molecule has 1 N–H and O–H groups in total. The topological polar surface area (TPSA) is 85.8 Å². The van der Waals surface area contributed by atoms with Gasteiger partial charge < -0.3 is 10.2 Å². The van der Waals surface area contributed by atoms with E-state index in [-0.39, 0.29) is 11.6 Å². The number of rotatable bonds is 5. The third-order valence-electron chi connectivity index (χ3n) is 7.87. The van der Waals surface area contributed by atoms with Crippen molar-refractivity contribution >= 4 is 39.1 Å². The molecule has 1 aromatic carbocycles. The zero-order valence-electron chi connectivity index (χ0n) is 21.6. The van der Waals surface area contributed by atoms with Gasteiger partial charge in [-0.25, -0.2) is 9.67 Å². The van der Waals surface area contributed by atoms with Gasteiger partial charge in [0.25, 0.3) is 5.56 Å². The van der Waals surface area contributed by atoms with Crippen LogP contribution in [0.25, 0.3) is 33.1 Å². The molecule has 0 spiro atoms. The van der Waals surface area contributed by atoms with Crippen molar-refractivity contribution in [1.29, 1.82) is 0 Å². The Morgan fingerprint density at radius 3 is 2.76 bits per heavy atom. The Bertz CT molecular complexity index is 1780. The maximum Gasteiger partial charge on any atom is 0.260 e. The van der Waals surface area contributed by atoms with Crippen LogP contribution >= 0.6 is 11.6 Å². The van der Waals surface area contributed by atoms with E-state index >= 15 is 0 Å². The van der Waals surface area contributed by atoms with E-state index in [4.69, 9.17) is 11.6 Å². The molecule has 10 heteroatoms. The van der Waals surface area contributed by atoms with Crippen LogP contribution in [0.3, 0.4) is 0 Å². The zero-order chi connectivity index (χ0) is 26.1. The van der Waals surface area contributed by atoms with Crippen molar-refractivity contribution in [1.82, 2.24) is 34.0 Å². The largest absolute Gasteiger partial charge is 0.377 e. The van der Waals surface area contributed by atoms with Gasteiger partial charge in [0.1, 0.15) is 10.8 Å². The standard InChI is InChI=1S/C28H29ClN8O/c1-16-9-20(25-21(10-16)28(38)35-7-4-8-36-27(35)22(25)12-31-36)17(2)32-23-5-6-24(29)33-26(23)18-11-30-37(13-18)19-14-34(3)15-19/h5-6,9-13,17,19,32H,4,7-8,14-15H2,1-3H3. The molecule has 1 atom stereocenters. The number of hydrogen-bond donors (Lipinski definition) is 1. The molecular formula is C28H29ClN8O. The highest BCUT2D eigenvalue weighted by Gasteiger charge is 2.26. The number of benzene rings is 1. The summed E-state index contributed by atoms with van der Waals surface area (Å²) in [5.74, 6) is 0. The third-order valence-corrected chi connectivity index (χ3v) is 8.08. The number of halogens is 1. The molecule has 0 radical (unpaired) electrons. The minimum Gasteiger partial charge on any atom is -0.377 e. The minimum atomic E-state index is -0.112. The van der Waals surface area contributed by atoms with Crippen molar-refractivity contribution in [3.8, 4) is 11.3 Å². The fourth-order valence-electron chi connectivity index (χ4n) is 6.03. The average Bonchev–Trinajstić information content (AvgIpc) is 3.54. The number of aryl methyl sites for hydroxylation is 3. The highest BCUT2D eigenvalue weighted by Crippen LogP contribution is 2.36. The summed E-state index contributed by atoms with van der Waals surface area (Å²) < 4.78 is 5.86. The number of anilines is 1. The van der Waals surface area contributed by atoms with Gasteiger partial charge in [0.2, 0.25) is 0 Å². The van der Waals surface area contributed by atoms with Crippen LogP contribution in [0.5, 0.6) is 0 Å². The van der Waals surface area contributed by atoms with Crippen molar-refractivity contribution < 1.29 is 0 Å². The van der Waals surface area contributed by atoms with Crippen LogP contribution in [-0.2, 0) is 13.1 Å². The maximum atomic E-state index is 13.6. The smallest absolute Gasteiger partial charge is 0.260 e. The lowest BCUT2D eigenvalue weighted by atomic mass is 9.95. The van der Waals surface area contributed by atoms with E-state index in [1.54, 1.807) is 6.07 Å². The molecule has 5 aromatic rings.